The Balaban J connectivity index is 1.87. The highest BCUT2D eigenvalue weighted by Crippen LogP contribution is 2.37. The third-order valence-corrected chi connectivity index (χ3v) is 5.54. The molecule has 0 amide bonds. The van der Waals surface area contributed by atoms with Crippen molar-refractivity contribution < 1.29 is 0 Å². The summed E-state index contributed by atoms with van der Waals surface area (Å²) < 4.78 is 3.70. The molecule has 4 aliphatic rings. The van der Waals surface area contributed by atoms with E-state index in [9.17, 15) is 4.79 Å². The number of nitrogens with zero attached hydrogens (tertiary/aromatic N) is 4. The molecule has 3 aliphatic heterocycles. The van der Waals surface area contributed by atoms with E-state index in [2.05, 4.69) is 26.1 Å². The summed E-state index contributed by atoms with van der Waals surface area (Å²) in [4.78, 5) is 22.7. The van der Waals surface area contributed by atoms with Crippen molar-refractivity contribution in [1.82, 2.24) is 19.1 Å². The topological polar surface area (TPSA) is 64.7 Å². The maximum absolute atomic E-state index is 13.0. The zero-order chi connectivity index (χ0) is 16.8. The lowest BCUT2D eigenvalue weighted by atomic mass is 10.1. The Morgan fingerprint density at radius 1 is 1.25 bits per heavy atom. The number of nitrogens with one attached hydrogen (secondary N) is 1. The quantitative estimate of drug-likeness (QED) is 0.936. The highest BCUT2D eigenvalue weighted by atomic mass is 16.1. The predicted molar refractivity (Wildman–Crippen MR) is 94.7 cm³/mol. The minimum Gasteiger partial charge on any atom is -0.365 e. The van der Waals surface area contributed by atoms with E-state index in [0.717, 1.165) is 36.1 Å². The van der Waals surface area contributed by atoms with Gasteiger partial charge in [0.25, 0.3) is 0 Å². The summed E-state index contributed by atoms with van der Waals surface area (Å²) in [6.07, 6.45) is 5.79. The fourth-order valence-electron chi connectivity index (χ4n) is 4.06. The molecule has 0 aromatic carbocycles. The maximum Gasteiger partial charge on any atom is 0.331 e. The fraction of sp³-hybridized carbons (Fsp3) is 0.722. The average Bonchev–Trinajstić information content (AvgIpc) is 3.28. The van der Waals surface area contributed by atoms with Gasteiger partial charge in [0, 0.05) is 25.0 Å². The molecule has 1 fully saturated rings. The summed E-state index contributed by atoms with van der Waals surface area (Å²) in [5, 5.41) is 3.54. The highest BCUT2D eigenvalue weighted by molar-refractivity contribution is 5.70. The lowest BCUT2D eigenvalue weighted by Gasteiger charge is -2.14. The van der Waals surface area contributed by atoms with E-state index < -0.39 is 0 Å². The molecule has 6 nitrogen and oxygen atoms in total. The van der Waals surface area contributed by atoms with Gasteiger partial charge in [-0.05, 0) is 25.2 Å². The van der Waals surface area contributed by atoms with Gasteiger partial charge in [0.2, 0.25) is 0 Å². The van der Waals surface area contributed by atoms with Crippen LogP contribution in [0.1, 0.15) is 64.6 Å². The van der Waals surface area contributed by atoms with Crippen LogP contribution in [0.2, 0.25) is 0 Å². The first-order valence-corrected chi connectivity index (χ1v) is 9.37. The molecular formula is C18H27N5O. The molecule has 1 saturated carbocycles. The second-order valence-electron chi connectivity index (χ2n) is 7.62. The van der Waals surface area contributed by atoms with E-state index >= 15 is 0 Å². The largest absolute Gasteiger partial charge is 0.365 e. The minimum atomic E-state index is 0.0490. The molecule has 24 heavy (non-hydrogen) atoms. The monoisotopic (exact) mass is 329 g/mol. The lowest BCUT2D eigenvalue weighted by Crippen LogP contribution is -2.32. The Kier molecular flexibility index (Phi) is 3.85. The number of hydrogen-bond acceptors (Lipinski definition) is 4. The molecule has 0 aromatic heterocycles. The van der Waals surface area contributed by atoms with Gasteiger partial charge in [0.15, 0.2) is 5.82 Å². The number of fused-ring (bicyclic) bond motifs is 3. The molecule has 1 aliphatic carbocycles. The first-order valence-electron chi connectivity index (χ1n) is 9.37. The summed E-state index contributed by atoms with van der Waals surface area (Å²) in [6, 6.07) is 0.282. The number of imidazole rings is 1. The molecule has 130 valence electrons. The van der Waals surface area contributed by atoms with Gasteiger partial charge in [-0.1, -0.05) is 33.6 Å². The van der Waals surface area contributed by atoms with Crippen LogP contribution >= 0.6 is 0 Å². The summed E-state index contributed by atoms with van der Waals surface area (Å²) in [5.41, 5.74) is 0.931. The molecule has 1 atom stereocenters. The molecule has 6 heteroatoms. The SMILES string of the molecule is CCCn1c2nc(C3CCCC3)nc-2c2n(c1=O)C[C@@H](C(C)C)N2. The van der Waals surface area contributed by atoms with Gasteiger partial charge in [-0.2, -0.15) is 0 Å². The second kappa shape index (κ2) is 5.90. The summed E-state index contributed by atoms with van der Waals surface area (Å²) in [7, 11) is 0. The van der Waals surface area contributed by atoms with E-state index in [1.54, 1.807) is 0 Å². The zero-order valence-corrected chi connectivity index (χ0v) is 14.9. The Morgan fingerprint density at radius 3 is 2.67 bits per heavy atom. The third-order valence-electron chi connectivity index (χ3n) is 5.54. The molecule has 0 radical (unpaired) electrons. The van der Waals surface area contributed by atoms with Crippen LogP contribution in [-0.2, 0) is 13.1 Å². The lowest BCUT2D eigenvalue weighted by molar-refractivity contribution is 0.481. The minimum absolute atomic E-state index is 0.0490. The molecule has 4 rings (SSSR count). The van der Waals surface area contributed by atoms with Gasteiger partial charge >= 0.3 is 5.69 Å². The van der Waals surface area contributed by atoms with Crippen molar-refractivity contribution in [3.8, 4) is 11.5 Å². The van der Waals surface area contributed by atoms with Crippen molar-refractivity contribution in [2.24, 2.45) is 5.92 Å². The standard InChI is InChI=1S/C18H27N5O/c1-4-9-22-17-14(20-15(21-17)12-7-5-6-8-12)16-19-13(11(2)3)10-23(16)18(22)24/h11-13,19H,4-10H2,1-3H3/t13-/m0/s1. The number of rotatable bonds is 4. The van der Waals surface area contributed by atoms with Crippen molar-refractivity contribution in [3.05, 3.63) is 16.3 Å². The maximum atomic E-state index is 13.0. The Labute approximate surface area is 142 Å². The van der Waals surface area contributed by atoms with Crippen molar-refractivity contribution in [1.29, 1.82) is 0 Å². The Bertz CT molecular complexity index is 769. The number of anilines is 1. The Hall–Kier alpha value is -1.85. The van der Waals surface area contributed by atoms with E-state index in [0.29, 0.717) is 18.4 Å². The molecule has 0 unspecified atom stereocenters. The normalized spacial score (nSPS) is 20.9. The van der Waals surface area contributed by atoms with Crippen LogP contribution < -0.4 is 11.0 Å². The van der Waals surface area contributed by atoms with Crippen LogP contribution in [0.5, 0.6) is 0 Å². The fourth-order valence-corrected chi connectivity index (χ4v) is 4.06. The zero-order valence-electron chi connectivity index (χ0n) is 14.9. The van der Waals surface area contributed by atoms with Gasteiger partial charge in [-0.3, -0.25) is 9.13 Å². The second-order valence-corrected chi connectivity index (χ2v) is 7.62. The Morgan fingerprint density at radius 2 is 2.00 bits per heavy atom. The van der Waals surface area contributed by atoms with Crippen molar-refractivity contribution in [2.45, 2.75) is 77.9 Å². The van der Waals surface area contributed by atoms with Crippen LogP contribution in [0.3, 0.4) is 0 Å². The van der Waals surface area contributed by atoms with Crippen LogP contribution in [-0.4, -0.2) is 25.1 Å². The molecule has 0 saturated heterocycles. The molecule has 1 N–H and O–H groups in total. The van der Waals surface area contributed by atoms with Crippen LogP contribution in [0.25, 0.3) is 11.5 Å². The van der Waals surface area contributed by atoms with E-state index in [4.69, 9.17) is 9.97 Å². The summed E-state index contributed by atoms with van der Waals surface area (Å²) >= 11 is 0. The van der Waals surface area contributed by atoms with Crippen molar-refractivity contribution in [3.63, 3.8) is 0 Å². The summed E-state index contributed by atoms with van der Waals surface area (Å²) in [5.74, 6) is 3.52. The molecule has 0 bridgehead atoms. The number of hydrogen-bond donors (Lipinski definition) is 1. The van der Waals surface area contributed by atoms with Gasteiger partial charge in [-0.25, -0.2) is 14.8 Å². The van der Waals surface area contributed by atoms with E-state index in [-0.39, 0.29) is 11.7 Å². The highest BCUT2D eigenvalue weighted by Gasteiger charge is 2.34. The van der Waals surface area contributed by atoms with Crippen LogP contribution in [0.15, 0.2) is 4.79 Å². The molecule has 3 heterocycles. The molecule has 0 spiro atoms. The predicted octanol–water partition coefficient (Wildman–Crippen LogP) is 3.06. The van der Waals surface area contributed by atoms with Crippen molar-refractivity contribution >= 4 is 5.82 Å². The summed E-state index contributed by atoms with van der Waals surface area (Å²) in [6.45, 7) is 7.89. The first-order chi connectivity index (χ1) is 11.6. The van der Waals surface area contributed by atoms with Crippen molar-refractivity contribution in [2.75, 3.05) is 5.32 Å². The van der Waals surface area contributed by atoms with Gasteiger partial charge in [0.1, 0.15) is 17.3 Å². The van der Waals surface area contributed by atoms with E-state index in [1.165, 1.54) is 25.7 Å². The van der Waals surface area contributed by atoms with Crippen LogP contribution in [0, 0.1) is 5.92 Å². The van der Waals surface area contributed by atoms with Gasteiger partial charge in [0.05, 0.1) is 0 Å². The molecular weight excluding hydrogens is 302 g/mol. The van der Waals surface area contributed by atoms with E-state index in [1.807, 2.05) is 9.13 Å². The average molecular weight is 329 g/mol. The molecule has 0 aromatic rings. The van der Waals surface area contributed by atoms with Crippen LogP contribution in [0.4, 0.5) is 5.82 Å². The third kappa shape index (κ3) is 2.34. The van der Waals surface area contributed by atoms with Gasteiger partial charge < -0.3 is 5.32 Å². The van der Waals surface area contributed by atoms with Gasteiger partial charge in [-0.15, -0.1) is 0 Å². The first kappa shape index (κ1) is 15.7. The number of aromatic nitrogens is 4. The smallest absolute Gasteiger partial charge is 0.331 e.